The number of hydrogen-bond acceptors (Lipinski definition) is 6. The maximum absolute atomic E-state index is 12.3. The molecule has 1 aromatic carbocycles. The Kier molecular flexibility index (Phi) is 6.92. The Hall–Kier alpha value is -2.29. The van der Waals surface area contributed by atoms with Crippen LogP contribution in [0, 0.1) is 0 Å². The van der Waals surface area contributed by atoms with Crippen LogP contribution in [-0.2, 0) is 22.6 Å². The van der Waals surface area contributed by atoms with Crippen LogP contribution in [0.1, 0.15) is 35.3 Å². The number of carbonyl (C=O) groups is 1. The molecule has 0 saturated carbocycles. The molecule has 8 nitrogen and oxygen atoms in total. The largest absolute Gasteiger partial charge is 0.394 e. The van der Waals surface area contributed by atoms with E-state index in [0.717, 1.165) is 25.0 Å². The average Bonchev–Trinajstić information content (AvgIpc) is 3.15. The van der Waals surface area contributed by atoms with Crippen LogP contribution < -0.4 is 5.32 Å². The molecule has 2 heterocycles. The molecule has 0 aliphatic carbocycles. The Labute approximate surface area is 158 Å². The molecule has 0 bridgehead atoms. The lowest BCUT2D eigenvalue weighted by molar-refractivity contribution is -0.0912. The van der Waals surface area contributed by atoms with E-state index in [1.54, 1.807) is 23.9 Å². The Morgan fingerprint density at radius 2 is 2.19 bits per heavy atom. The summed E-state index contributed by atoms with van der Waals surface area (Å²) in [4.78, 5) is 12.3. The second-order valence-electron chi connectivity index (χ2n) is 6.70. The van der Waals surface area contributed by atoms with Gasteiger partial charge in [-0.25, -0.2) is 0 Å². The van der Waals surface area contributed by atoms with Crippen molar-refractivity contribution in [3.8, 4) is 0 Å². The van der Waals surface area contributed by atoms with E-state index in [0.29, 0.717) is 18.7 Å². The summed E-state index contributed by atoms with van der Waals surface area (Å²) in [7, 11) is 1.62. The zero-order chi connectivity index (χ0) is 19.1. The van der Waals surface area contributed by atoms with E-state index in [9.17, 15) is 9.90 Å². The SMILES string of the molecule is COCc1cn(CC[C@H]2CC[C@H](NC(=O)c3ccccc3)[C@H](CO)O2)nn1. The van der Waals surface area contributed by atoms with Gasteiger partial charge in [-0.15, -0.1) is 5.10 Å². The zero-order valence-electron chi connectivity index (χ0n) is 15.5. The highest BCUT2D eigenvalue weighted by molar-refractivity contribution is 5.94. The van der Waals surface area contributed by atoms with Crippen molar-refractivity contribution in [2.24, 2.45) is 0 Å². The van der Waals surface area contributed by atoms with Gasteiger partial charge in [0.25, 0.3) is 5.91 Å². The van der Waals surface area contributed by atoms with Crippen LogP contribution in [0.2, 0.25) is 0 Å². The van der Waals surface area contributed by atoms with E-state index in [1.807, 2.05) is 24.4 Å². The van der Waals surface area contributed by atoms with Crippen LogP contribution >= 0.6 is 0 Å². The maximum atomic E-state index is 12.3. The number of nitrogens with one attached hydrogen (secondary N) is 1. The number of ether oxygens (including phenoxy) is 2. The van der Waals surface area contributed by atoms with Crippen molar-refractivity contribution >= 4 is 5.91 Å². The number of amides is 1. The molecule has 3 atom stereocenters. The van der Waals surface area contributed by atoms with Gasteiger partial charge in [-0.05, 0) is 31.4 Å². The van der Waals surface area contributed by atoms with E-state index in [4.69, 9.17) is 9.47 Å². The normalized spacial score (nSPS) is 22.5. The van der Waals surface area contributed by atoms with Crippen molar-refractivity contribution in [2.75, 3.05) is 13.7 Å². The summed E-state index contributed by atoms with van der Waals surface area (Å²) in [5.74, 6) is -0.144. The number of aryl methyl sites for hydroxylation is 1. The van der Waals surface area contributed by atoms with E-state index in [2.05, 4.69) is 15.6 Å². The standard InChI is InChI=1S/C19H26N4O4/c1-26-13-15-11-23(22-21-15)10-9-16-7-8-17(18(12-24)27-16)20-19(25)14-5-3-2-4-6-14/h2-6,11,16-18,24H,7-10,12-13H2,1H3,(H,20,25)/t16-,17+,18+/m1/s1. The molecule has 0 unspecified atom stereocenters. The lowest BCUT2D eigenvalue weighted by Crippen LogP contribution is -2.51. The van der Waals surface area contributed by atoms with E-state index in [-0.39, 0.29) is 24.7 Å². The Bertz CT molecular complexity index is 722. The van der Waals surface area contributed by atoms with Crippen LogP contribution in [0.25, 0.3) is 0 Å². The fourth-order valence-corrected chi connectivity index (χ4v) is 3.29. The van der Waals surface area contributed by atoms with Crippen molar-refractivity contribution in [1.82, 2.24) is 20.3 Å². The molecule has 1 saturated heterocycles. The summed E-state index contributed by atoms with van der Waals surface area (Å²) in [6.45, 7) is 0.993. The number of benzene rings is 1. The molecule has 1 amide bonds. The molecule has 2 N–H and O–H groups in total. The minimum Gasteiger partial charge on any atom is -0.394 e. The Morgan fingerprint density at radius 1 is 1.37 bits per heavy atom. The third-order valence-electron chi connectivity index (χ3n) is 4.71. The Balaban J connectivity index is 1.49. The van der Waals surface area contributed by atoms with Crippen LogP contribution in [-0.4, -0.2) is 58.0 Å². The minimum atomic E-state index is -0.406. The molecule has 1 aromatic heterocycles. The smallest absolute Gasteiger partial charge is 0.251 e. The first-order valence-electron chi connectivity index (χ1n) is 9.19. The van der Waals surface area contributed by atoms with Crippen molar-refractivity contribution < 1.29 is 19.4 Å². The summed E-state index contributed by atoms with van der Waals surface area (Å²) < 4.78 is 12.8. The highest BCUT2D eigenvalue weighted by Gasteiger charge is 2.32. The van der Waals surface area contributed by atoms with Crippen molar-refractivity contribution in [3.05, 3.63) is 47.8 Å². The van der Waals surface area contributed by atoms with Crippen LogP contribution in [0.3, 0.4) is 0 Å². The first-order valence-corrected chi connectivity index (χ1v) is 9.19. The lowest BCUT2D eigenvalue weighted by Gasteiger charge is -2.36. The van der Waals surface area contributed by atoms with Gasteiger partial charge in [-0.3, -0.25) is 9.48 Å². The van der Waals surface area contributed by atoms with Gasteiger partial charge in [0.2, 0.25) is 0 Å². The number of aliphatic hydroxyl groups is 1. The molecule has 8 heteroatoms. The monoisotopic (exact) mass is 374 g/mol. The third-order valence-corrected chi connectivity index (χ3v) is 4.71. The molecule has 1 fully saturated rings. The van der Waals surface area contributed by atoms with Gasteiger partial charge in [0.15, 0.2) is 0 Å². The predicted octanol–water partition coefficient (Wildman–Crippen LogP) is 1.15. The zero-order valence-corrected chi connectivity index (χ0v) is 15.5. The molecule has 27 heavy (non-hydrogen) atoms. The summed E-state index contributed by atoms with van der Waals surface area (Å²) in [6.07, 6.45) is 3.82. The number of rotatable bonds is 8. The molecule has 3 rings (SSSR count). The van der Waals surface area contributed by atoms with Gasteiger partial charge in [0.1, 0.15) is 11.8 Å². The molecule has 1 aliphatic heterocycles. The number of aliphatic hydroxyl groups excluding tert-OH is 1. The highest BCUT2D eigenvalue weighted by atomic mass is 16.5. The van der Waals surface area contributed by atoms with Crippen LogP contribution in [0.4, 0.5) is 0 Å². The number of nitrogens with zero attached hydrogens (tertiary/aromatic N) is 3. The summed E-state index contributed by atoms with van der Waals surface area (Å²) in [6, 6.07) is 8.87. The van der Waals surface area contributed by atoms with Gasteiger partial charge >= 0.3 is 0 Å². The quantitative estimate of drug-likeness (QED) is 0.719. The maximum Gasteiger partial charge on any atom is 0.251 e. The third kappa shape index (κ3) is 5.35. The van der Waals surface area contributed by atoms with Gasteiger partial charge < -0.3 is 19.9 Å². The van der Waals surface area contributed by atoms with Crippen molar-refractivity contribution in [1.29, 1.82) is 0 Å². The van der Waals surface area contributed by atoms with Crippen molar-refractivity contribution in [2.45, 2.75) is 50.7 Å². The molecule has 2 aromatic rings. The second-order valence-corrected chi connectivity index (χ2v) is 6.70. The highest BCUT2D eigenvalue weighted by Crippen LogP contribution is 2.22. The van der Waals surface area contributed by atoms with Gasteiger partial charge in [0, 0.05) is 19.2 Å². The van der Waals surface area contributed by atoms with Crippen molar-refractivity contribution in [3.63, 3.8) is 0 Å². The first kappa shape index (κ1) is 19.5. The fourth-order valence-electron chi connectivity index (χ4n) is 3.29. The number of hydrogen-bond donors (Lipinski definition) is 2. The number of carbonyl (C=O) groups excluding carboxylic acids is 1. The van der Waals surface area contributed by atoms with E-state index in [1.165, 1.54) is 0 Å². The van der Waals surface area contributed by atoms with Gasteiger partial charge in [-0.2, -0.15) is 0 Å². The van der Waals surface area contributed by atoms with Gasteiger partial charge in [0.05, 0.1) is 31.6 Å². The number of aromatic nitrogens is 3. The summed E-state index contributed by atoms with van der Waals surface area (Å²) in [5.41, 5.74) is 1.40. The molecule has 0 spiro atoms. The first-order chi connectivity index (χ1) is 13.2. The number of methoxy groups -OCH3 is 1. The minimum absolute atomic E-state index is 0.0158. The summed E-state index contributed by atoms with van der Waals surface area (Å²) >= 11 is 0. The molecule has 146 valence electrons. The molecular weight excluding hydrogens is 348 g/mol. The Morgan fingerprint density at radius 3 is 2.93 bits per heavy atom. The topological polar surface area (TPSA) is 98.5 Å². The molecular formula is C19H26N4O4. The lowest BCUT2D eigenvalue weighted by atomic mass is 9.96. The van der Waals surface area contributed by atoms with Crippen LogP contribution in [0.15, 0.2) is 36.5 Å². The average molecular weight is 374 g/mol. The fraction of sp³-hybridized carbons (Fsp3) is 0.526. The van der Waals surface area contributed by atoms with E-state index < -0.39 is 6.10 Å². The van der Waals surface area contributed by atoms with E-state index >= 15 is 0 Å². The van der Waals surface area contributed by atoms with Gasteiger partial charge in [-0.1, -0.05) is 23.4 Å². The molecule has 1 aliphatic rings. The summed E-state index contributed by atoms with van der Waals surface area (Å²) in [5, 5.41) is 20.8. The predicted molar refractivity (Wildman–Crippen MR) is 98.0 cm³/mol. The second kappa shape index (κ2) is 9.59. The van der Waals surface area contributed by atoms with Crippen LogP contribution in [0.5, 0.6) is 0 Å². The molecule has 0 radical (unpaired) electrons.